The van der Waals surface area contributed by atoms with E-state index in [1.807, 2.05) is 65.0 Å². The Bertz CT molecular complexity index is 1010. The van der Waals surface area contributed by atoms with Crippen molar-refractivity contribution in [2.24, 2.45) is 0 Å². The molecule has 8 heteroatoms. The predicted octanol–water partition coefficient (Wildman–Crippen LogP) is 3.44. The van der Waals surface area contributed by atoms with E-state index in [4.69, 9.17) is 0 Å². The van der Waals surface area contributed by atoms with Crippen molar-refractivity contribution in [1.82, 2.24) is 25.3 Å². The smallest absolute Gasteiger partial charge is 0.319 e. The Morgan fingerprint density at radius 1 is 0.966 bits per heavy atom. The number of rotatable bonds is 6. The number of benzene rings is 1. The normalized spacial score (nSPS) is 10.7. The monoisotopic (exact) mass is 393 g/mol. The zero-order valence-electron chi connectivity index (χ0n) is 17.5. The first-order valence-electron chi connectivity index (χ1n) is 9.58. The third-order valence-electron chi connectivity index (χ3n) is 5.09. The number of aromatic nitrogens is 4. The maximum absolute atomic E-state index is 12.1. The first kappa shape index (κ1) is 20.3. The second-order valence-electron chi connectivity index (χ2n) is 7.04. The van der Waals surface area contributed by atoms with Crippen LogP contribution in [0.15, 0.2) is 30.3 Å². The third-order valence-corrected chi connectivity index (χ3v) is 5.09. The summed E-state index contributed by atoms with van der Waals surface area (Å²) in [4.78, 5) is 12.1. The standard InChI is InChI=1S/C21H27N7O/c1-13-7-6-8-18(14(13)2)24-21(29)23-12-11-22-19-9-10-20(26-25-19)28-17(5)15(3)16(4)27-28/h6-10H,11-12H2,1-5H3,(H,22,25)(H2,23,24,29). The van der Waals surface area contributed by atoms with Crippen LogP contribution in [0, 0.1) is 34.6 Å². The summed E-state index contributed by atoms with van der Waals surface area (Å²) in [7, 11) is 0. The van der Waals surface area contributed by atoms with E-state index < -0.39 is 0 Å². The summed E-state index contributed by atoms with van der Waals surface area (Å²) in [5.41, 5.74) is 6.21. The average Bonchev–Trinajstić information content (AvgIpc) is 2.97. The molecule has 0 unspecified atom stereocenters. The molecule has 29 heavy (non-hydrogen) atoms. The van der Waals surface area contributed by atoms with Crippen molar-refractivity contribution in [3.63, 3.8) is 0 Å². The molecule has 3 rings (SSSR count). The van der Waals surface area contributed by atoms with Gasteiger partial charge in [-0.25, -0.2) is 9.48 Å². The maximum Gasteiger partial charge on any atom is 0.319 e. The molecule has 0 fully saturated rings. The van der Waals surface area contributed by atoms with Crippen molar-refractivity contribution in [1.29, 1.82) is 0 Å². The number of carbonyl (C=O) groups is 1. The van der Waals surface area contributed by atoms with Crippen molar-refractivity contribution in [3.05, 3.63) is 58.4 Å². The van der Waals surface area contributed by atoms with E-state index in [-0.39, 0.29) is 6.03 Å². The van der Waals surface area contributed by atoms with E-state index in [0.29, 0.717) is 24.7 Å². The van der Waals surface area contributed by atoms with Crippen LogP contribution in [0.3, 0.4) is 0 Å². The molecule has 0 spiro atoms. The molecule has 0 saturated carbocycles. The Morgan fingerprint density at radius 2 is 1.76 bits per heavy atom. The van der Waals surface area contributed by atoms with E-state index in [2.05, 4.69) is 31.2 Å². The van der Waals surface area contributed by atoms with Gasteiger partial charge in [-0.2, -0.15) is 5.10 Å². The van der Waals surface area contributed by atoms with Gasteiger partial charge in [-0.3, -0.25) is 0 Å². The van der Waals surface area contributed by atoms with Crippen LogP contribution in [0.2, 0.25) is 0 Å². The predicted molar refractivity (Wildman–Crippen MR) is 115 cm³/mol. The molecule has 8 nitrogen and oxygen atoms in total. The fraction of sp³-hybridized carbons (Fsp3) is 0.333. The highest BCUT2D eigenvalue weighted by molar-refractivity contribution is 5.90. The number of hydrogen-bond donors (Lipinski definition) is 3. The summed E-state index contributed by atoms with van der Waals surface area (Å²) in [5.74, 6) is 1.32. The highest BCUT2D eigenvalue weighted by Crippen LogP contribution is 2.18. The molecular formula is C21H27N7O. The number of aryl methyl sites for hydroxylation is 2. The van der Waals surface area contributed by atoms with Crippen LogP contribution in [0.4, 0.5) is 16.3 Å². The molecular weight excluding hydrogens is 366 g/mol. The van der Waals surface area contributed by atoms with Gasteiger partial charge >= 0.3 is 6.03 Å². The minimum Gasteiger partial charge on any atom is -0.367 e. The van der Waals surface area contributed by atoms with E-state index >= 15 is 0 Å². The van der Waals surface area contributed by atoms with Gasteiger partial charge in [-0.15, -0.1) is 10.2 Å². The van der Waals surface area contributed by atoms with Crippen LogP contribution in [0.25, 0.3) is 5.82 Å². The third kappa shape index (κ3) is 4.71. The van der Waals surface area contributed by atoms with Crippen molar-refractivity contribution in [3.8, 4) is 5.82 Å². The van der Waals surface area contributed by atoms with E-state index in [1.165, 1.54) is 0 Å². The van der Waals surface area contributed by atoms with Gasteiger partial charge in [0.1, 0.15) is 5.82 Å². The van der Waals surface area contributed by atoms with Gasteiger partial charge in [0.15, 0.2) is 5.82 Å². The van der Waals surface area contributed by atoms with Gasteiger partial charge in [0.2, 0.25) is 0 Å². The highest BCUT2D eigenvalue weighted by atomic mass is 16.2. The zero-order valence-corrected chi connectivity index (χ0v) is 17.5. The topological polar surface area (TPSA) is 96.8 Å². The number of amides is 2. The number of nitrogens with one attached hydrogen (secondary N) is 3. The number of anilines is 2. The lowest BCUT2D eigenvalue weighted by Crippen LogP contribution is -2.33. The van der Waals surface area contributed by atoms with Gasteiger partial charge < -0.3 is 16.0 Å². The van der Waals surface area contributed by atoms with Crippen LogP contribution in [-0.2, 0) is 0 Å². The van der Waals surface area contributed by atoms with Gasteiger partial charge in [0, 0.05) is 24.5 Å². The molecule has 2 heterocycles. The van der Waals surface area contributed by atoms with Crippen LogP contribution in [0.5, 0.6) is 0 Å². The number of hydrogen-bond acceptors (Lipinski definition) is 5. The Balaban J connectivity index is 1.47. The molecule has 2 amide bonds. The molecule has 1 aromatic carbocycles. The fourth-order valence-electron chi connectivity index (χ4n) is 2.90. The minimum absolute atomic E-state index is 0.234. The van der Waals surface area contributed by atoms with Crippen molar-refractivity contribution < 1.29 is 4.79 Å². The molecule has 0 bridgehead atoms. The Hall–Kier alpha value is -3.42. The Morgan fingerprint density at radius 3 is 2.41 bits per heavy atom. The number of urea groups is 1. The molecule has 2 aromatic heterocycles. The van der Waals surface area contributed by atoms with Gasteiger partial charge in [0.25, 0.3) is 0 Å². The quantitative estimate of drug-likeness (QED) is 0.558. The average molecular weight is 393 g/mol. The van der Waals surface area contributed by atoms with Crippen LogP contribution in [0.1, 0.15) is 28.1 Å². The molecule has 152 valence electrons. The summed E-state index contributed by atoms with van der Waals surface area (Å²) in [6.45, 7) is 11.0. The molecule has 0 radical (unpaired) electrons. The molecule has 3 N–H and O–H groups in total. The summed E-state index contributed by atoms with van der Waals surface area (Å²) < 4.78 is 1.79. The van der Waals surface area contributed by atoms with Crippen molar-refractivity contribution in [2.75, 3.05) is 23.7 Å². The first-order chi connectivity index (χ1) is 13.9. The number of nitrogens with zero attached hydrogens (tertiary/aromatic N) is 4. The molecule has 0 aliphatic carbocycles. The Labute approximate surface area is 170 Å². The Kier molecular flexibility index (Phi) is 6.11. The minimum atomic E-state index is -0.234. The summed E-state index contributed by atoms with van der Waals surface area (Å²) in [6, 6.07) is 9.32. The maximum atomic E-state index is 12.1. The highest BCUT2D eigenvalue weighted by Gasteiger charge is 2.10. The van der Waals surface area contributed by atoms with Gasteiger partial charge in [-0.05, 0) is 69.5 Å². The van der Waals surface area contributed by atoms with Crippen LogP contribution in [-0.4, -0.2) is 39.1 Å². The lowest BCUT2D eigenvalue weighted by molar-refractivity contribution is 0.252. The fourth-order valence-corrected chi connectivity index (χ4v) is 2.90. The summed E-state index contributed by atoms with van der Waals surface area (Å²) >= 11 is 0. The molecule has 0 saturated heterocycles. The molecule has 0 aliphatic rings. The molecule has 0 aliphatic heterocycles. The molecule has 0 atom stereocenters. The number of carbonyl (C=O) groups excluding carboxylic acids is 1. The summed E-state index contributed by atoms with van der Waals surface area (Å²) in [6.07, 6.45) is 0. The van der Waals surface area contributed by atoms with E-state index in [0.717, 1.165) is 33.8 Å². The van der Waals surface area contributed by atoms with Crippen LogP contribution < -0.4 is 16.0 Å². The zero-order chi connectivity index (χ0) is 21.0. The van der Waals surface area contributed by atoms with E-state index in [9.17, 15) is 4.79 Å². The first-order valence-corrected chi connectivity index (χ1v) is 9.58. The lowest BCUT2D eigenvalue weighted by atomic mass is 10.1. The van der Waals surface area contributed by atoms with Crippen molar-refractivity contribution in [2.45, 2.75) is 34.6 Å². The lowest BCUT2D eigenvalue weighted by Gasteiger charge is -2.12. The molecule has 3 aromatic rings. The SMILES string of the molecule is Cc1cccc(NC(=O)NCCNc2ccc(-n3nc(C)c(C)c3C)nn2)c1C. The summed E-state index contributed by atoms with van der Waals surface area (Å²) in [5, 5.41) is 21.8. The second-order valence-corrected chi connectivity index (χ2v) is 7.04. The second kappa shape index (κ2) is 8.72. The van der Waals surface area contributed by atoms with Crippen LogP contribution >= 0.6 is 0 Å². The van der Waals surface area contributed by atoms with E-state index in [1.54, 1.807) is 4.68 Å². The largest absolute Gasteiger partial charge is 0.367 e. The van der Waals surface area contributed by atoms with Crippen molar-refractivity contribution >= 4 is 17.5 Å². The van der Waals surface area contributed by atoms with Gasteiger partial charge in [-0.1, -0.05) is 12.1 Å². The van der Waals surface area contributed by atoms with Gasteiger partial charge in [0.05, 0.1) is 5.69 Å².